The number of methoxy groups -OCH3 is 1. The highest BCUT2D eigenvalue weighted by molar-refractivity contribution is 7.89. The van der Waals surface area contributed by atoms with Crippen molar-refractivity contribution >= 4 is 48.6 Å². The van der Waals surface area contributed by atoms with Gasteiger partial charge in [-0.2, -0.15) is 4.31 Å². The molecule has 33 heavy (non-hydrogen) atoms. The SMILES string of the molecule is CCN(CC)S(=O)(=O)c1cc(C(=O)OCC(=O)Nc2nc3ccc(OC)cc3s2)ccc1F. The first-order chi connectivity index (χ1) is 15.7. The van der Waals surface area contributed by atoms with E-state index < -0.39 is 39.2 Å². The van der Waals surface area contributed by atoms with Crippen LogP contribution in [-0.4, -0.2) is 56.4 Å². The van der Waals surface area contributed by atoms with Crippen molar-refractivity contribution in [2.24, 2.45) is 0 Å². The number of sulfonamides is 1. The number of esters is 1. The van der Waals surface area contributed by atoms with Crippen LogP contribution in [0.2, 0.25) is 0 Å². The number of hydrogen-bond donors (Lipinski definition) is 1. The van der Waals surface area contributed by atoms with E-state index in [4.69, 9.17) is 9.47 Å². The van der Waals surface area contributed by atoms with E-state index in [1.807, 2.05) is 0 Å². The highest BCUT2D eigenvalue weighted by atomic mass is 32.2. The molecular formula is C21H22FN3O6S2. The molecule has 0 spiro atoms. The van der Waals surface area contributed by atoms with Crippen LogP contribution in [0.15, 0.2) is 41.3 Å². The van der Waals surface area contributed by atoms with Gasteiger partial charge < -0.3 is 9.47 Å². The zero-order valence-corrected chi connectivity index (χ0v) is 19.8. The fraction of sp³-hybridized carbons (Fsp3) is 0.286. The zero-order chi connectivity index (χ0) is 24.2. The average molecular weight is 496 g/mol. The molecule has 0 aliphatic rings. The highest BCUT2D eigenvalue weighted by Gasteiger charge is 2.27. The van der Waals surface area contributed by atoms with Crippen molar-refractivity contribution in [3.05, 3.63) is 47.8 Å². The molecule has 2 aromatic carbocycles. The summed E-state index contributed by atoms with van der Waals surface area (Å²) in [6.07, 6.45) is 0. The number of anilines is 1. The number of aromatic nitrogens is 1. The molecule has 0 atom stereocenters. The molecule has 1 heterocycles. The quantitative estimate of drug-likeness (QED) is 0.453. The lowest BCUT2D eigenvalue weighted by molar-refractivity contribution is -0.119. The number of carbonyl (C=O) groups is 2. The Hall–Kier alpha value is -3.09. The van der Waals surface area contributed by atoms with E-state index in [9.17, 15) is 22.4 Å². The van der Waals surface area contributed by atoms with Gasteiger partial charge >= 0.3 is 5.97 Å². The van der Waals surface area contributed by atoms with Crippen molar-refractivity contribution in [1.29, 1.82) is 0 Å². The van der Waals surface area contributed by atoms with E-state index in [0.29, 0.717) is 16.4 Å². The number of benzene rings is 2. The Morgan fingerprint density at radius 1 is 1.15 bits per heavy atom. The van der Waals surface area contributed by atoms with Gasteiger partial charge in [0.05, 0.1) is 22.9 Å². The first-order valence-corrected chi connectivity index (χ1v) is 12.2. The number of halogens is 1. The van der Waals surface area contributed by atoms with Crippen LogP contribution in [0.25, 0.3) is 10.2 Å². The predicted octanol–water partition coefficient (Wildman–Crippen LogP) is 3.27. The Balaban J connectivity index is 1.67. The molecule has 0 saturated carbocycles. The third-order valence-corrected chi connectivity index (χ3v) is 7.66. The summed E-state index contributed by atoms with van der Waals surface area (Å²) in [5.74, 6) is -1.93. The van der Waals surface area contributed by atoms with Crippen molar-refractivity contribution in [3.8, 4) is 5.75 Å². The number of nitrogens with zero attached hydrogens (tertiary/aromatic N) is 2. The lowest BCUT2D eigenvalue weighted by Crippen LogP contribution is -2.31. The van der Waals surface area contributed by atoms with E-state index in [-0.39, 0.29) is 18.7 Å². The Labute approximate surface area is 194 Å². The second-order valence-electron chi connectivity index (χ2n) is 6.71. The van der Waals surface area contributed by atoms with Crippen molar-refractivity contribution in [2.45, 2.75) is 18.7 Å². The number of hydrogen-bond acceptors (Lipinski definition) is 8. The Morgan fingerprint density at radius 2 is 1.88 bits per heavy atom. The maximum Gasteiger partial charge on any atom is 0.338 e. The van der Waals surface area contributed by atoms with Crippen LogP contribution in [0.3, 0.4) is 0 Å². The lowest BCUT2D eigenvalue weighted by atomic mass is 10.2. The van der Waals surface area contributed by atoms with Gasteiger partial charge in [0.1, 0.15) is 16.5 Å². The summed E-state index contributed by atoms with van der Waals surface area (Å²) in [6, 6.07) is 8.15. The summed E-state index contributed by atoms with van der Waals surface area (Å²) in [5, 5.41) is 2.85. The van der Waals surface area contributed by atoms with Gasteiger partial charge in [0.25, 0.3) is 5.91 Å². The van der Waals surface area contributed by atoms with Gasteiger partial charge in [-0.25, -0.2) is 22.6 Å². The minimum Gasteiger partial charge on any atom is -0.497 e. The predicted molar refractivity (Wildman–Crippen MR) is 122 cm³/mol. The first kappa shape index (κ1) is 24.6. The number of fused-ring (bicyclic) bond motifs is 1. The van der Waals surface area contributed by atoms with Gasteiger partial charge in [-0.15, -0.1) is 0 Å². The van der Waals surface area contributed by atoms with Crippen LogP contribution >= 0.6 is 11.3 Å². The van der Waals surface area contributed by atoms with Crippen molar-refractivity contribution < 1.29 is 31.9 Å². The summed E-state index contributed by atoms with van der Waals surface area (Å²) in [5.41, 5.74) is 0.475. The molecule has 0 bridgehead atoms. The Morgan fingerprint density at radius 3 is 2.55 bits per heavy atom. The van der Waals surface area contributed by atoms with E-state index in [1.165, 1.54) is 11.3 Å². The van der Waals surface area contributed by atoms with Crippen LogP contribution < -0.4 is 10.1 Å². The minimum atomic E-state index is -4.12. The molecule has 12 heteroatoms. The van der Waals surface area contributed by atoms with Crippen molar-refractivity contribution in [1.82, 2.24) is 9.29 Å². The maximum absolute atomic E-state index is 14.2. The number of nitrogens with one attached hydrogen (secondary N) is 1. The Kier molecular flexibility index (Phi) is 7.61. The van der Waals surface area contributed by atoms with Gasteiger partial charge in [-0.1, -0.05) is 25.2 Å². The average Bonchev–Trinajstić information content (AvgIpc) is 3.19. The molecule has 9 nitrogen and oxygen atoms in total. The minimum absolute atomic E-state index is 0.145. The van der Waals surface area contributed by atoms with Crippen LogP contribution in [-0.2, 0) is 19.6 Å². The van der Waals surface area contributed by atoms with Crippen LogP contribution in [0.5, 0.6) is 5.75 Å². The summed E-state index contributed by atoms with van der Waals surface area (Å²) in [6.45, 7) is 2.90. The summed E-state index contributed by atoms with van der Waals surface area (Å²) in [4.78, 5) is 28.2. The van der Waals surface area contributed by atoms with E-state index in [1.54, 1.807) is 39.2 Å². The molecule has 0 radical (unpaired) electrons. The summed E-state index contributed by atoms with van der Waals surface area (Å²) < 4.78 is 51.5. The molecule has 0 fully saturated rings. The molecule has 1 N–H and O–H groups in total. The topological polar surface area (TPSA) is 115 Å². The smallest absolute Gasteiger partial charge is 0.338 e. The fourth-order valence-electron chi connectivity index (χ4n) is 2.99. The molecule has 1 amide bonds. The fourth-order valence-corrected chi connectivity index (χ4v) is 5.44. The normalized spacial score (nSPS) is 11.5. The first-order valence-electron chi connectivity index (χ1n) is 9.90. The molecule has 1 aromatic heterocycles. The molecule has 0 saturated heterocycles. The third kappa shape index (κ3) is 5.46. The largest absolute Gasteiger partial charge is 0.497 e. The summed E-state index contributed by atoms with van der Waals surface area (Å²) in [7, 11) is -2.58. The van der Waals surface area contributed by atoms with Gasteiger partial charge in [0.15, 0.2) is 11.7 Å². The van der Waals surface area contributed by atoms with Gasteiger partial charge in [-0.3, -0.25) is 10.1 Å². The third-order valence-electron chi connectivity index (χ3n) is 4.67. The number of ether oxygens (including phenoxy) is 2. The number of thiazole rings is 1. The molecule has 3 aromatic rings. The Bertz CT molecular complexity index is 1290. The molecule has 3 rings (SSSR count). The van der Waals surface area contributed by atoms with Gasteiger partial charge in [0.2, 0.25) is 10.0 Å². The van der Waals surface area contributed by atoms with Crippen LogP contribution in [0.1, 0.15) is 24.2 Å². The van der Waals surface area contributed by atoms with E-state index in [0.717, 1.165) is 27.2 Å². The monoisotopic (exact) mass is 495 g/mol. The molecule has 0 unspecified atom stereocenters. The van der Waals surface area contributed by atoms with Crippen molar-refractivity contribution in [2.75, 3.05) is 32.1 Å². The second-order valence-corrected chi connectivity index (χ2v) is 9.65. The molecule has 176 valence electrons. The van der Waals surface area contributed by atoms with E-state index in [2.05, 4.69) is 10.3 Å². The lowest BCUT2D eigenvalue weighted by Gasteiger charge is -2.19. The summed E-state index contributed by atoms with van der Waals surface area (Å²) >= 11 is 1.22. The van der Waals surface area contributed by atoms with Gasteiger partial charge in [-0.05, 0) is 36.4 Å². The highest BCUT2D eigenvalue weighted by Crippen LogP contribution is 2.29. The zero-order valence-electron chi connectivity index (χ0n) is 18.1. The number of rotatable bonds is 9. The van der Waals surface area contributed by atoms with E-state index >= 15 is 0 Å². The standard InChI is InChI=1S/C21H22FN3O6S2/c1-4-25(5-2)33(28,29)18-10-13(6-8-15(18)22)20(27)31-12-19(26)24-21-23-16-9-7-14(30-3)11-17(16)32-21/h6-11H,4-5,12H2,1-3H3,(H,23,24,26). The second kappa shape index (κ2) is 10.2. The molecule has 0 aliphatic carbocycles. The maximum atomic E-state index is 14.2. The number of carbonyl (C=O) groups excluding carboxylic acids is 2. The van der Waals surface area contributed by atoms with Gasteiger partial charge in [0, 0.05) is 13.1 Å². The molecule has 0 aliphatic heterocycles. The molecular weight excluding hydrogens is 473 g/mol. The number of amides is 1. The van der Waals surface area contributed by atoms with Crippen molar-refractivity contribution in [3.63, 3.8) is 0 Å². The van der Waals surface area contributed by atoms with Crippen LogP contribution in [0, 0.1) is 5.82 Å². The van der Waals surface area contributed by atoms with Crippen LogP contribution in [0.4, 0.5) is 9.52 Å².